The van der Waals surface area contributed by atoms with Crippen molar-refractivity contribution in [1.29, 1.82) is 0 Å². The van der Waals surface area contributed by atoms with E-state index in [0.717, 1.165) is 16.0 Å². The molecule has 0 saturated carbocycles. The maximum absolute atomic E-state index is 12.1. The average molecular weight is 336 g/mol. The van der Waals surface area contributed by atoms with Gasteiger partial charge in [-0.25, -0.2) is 0 Å². The van der Waals surface area contributed by atoms with Crippen LogP contribution in [0.25, 0.3) is 11.1 Å². The summed E-state index contributed by atoms with van der Waals surface area (Å²) >= 11 is 1.50. The van der Waals surface area contributed by atoms with Gasteiger partial charge in [0.25, 0.3) is 0 Å². The van der Waals surface area contributed by atoms with Gasteiger partial charge < -0.3 is 4.74 Å². The van der Waals surface area contributed by atoms with Crippen molar-refractivity contribution in [3.63, 3.8) is 0 Å². The zero-order valence-electron chi connectivity index (χ0n) is 13.0. The third kappa shape index (κ3) is 4.18. The van der Waals surface area contributed by atoms with E-state index in [4.69, 9.17) is 4.74 Å². The first-order valence-electron chi connectivity index (χ1n) is 7.59. The molecule has 0 aliphatic heterocycles. The highest BCUT2D eigenvalue weighted by molar-refractivity contribution is 7.10. The lowest BCUT2D eigenvalue weighted by Crippen LogP contribution is -2.15. The second kappa shape index (κ2) is 7.70. The predicted octanol–water partition coefficient (Wildman–Crippen LogP) is 4.38. The van der Waals surface area contributed by atoms with Gasteiger partial charge in [0.05, 0.1) is 6.42 Å². The molecule has 0 unspecified atom stereocenters. The summed E-state index contributed by atoms with van der Waals surface area (Å²) in [5.74, 6) is -0.583. The maximum Gasteiger partial charge on any atom is 0.311 e. The molecule has 3 rings (SSSR count). The van der Waals surface area contributed by atoms with Crippen LogP contribution in [0.5, 0.6) is 0 Å². The van der Waals surface area contributed by atoms with Gasteiger partial charge in [-0.2, -0.15) is 0 Å². The molecular formula is C20H16O3S. The lowest BCUT2D eigenvalue weighted by atomic mass is 10.0. The predicted molar refractivity (Wildman–Crippen MR) is 95.2 cm³/mol. The van der Waals surface area contributed by atoms with Gasteiger partial charge in [0, 0.05) is 10.4 Å². The van der Waals surface area contributed by atoms with Gasteiger partial charge in [0.2, 0.25) is 0 Å². The second-order valence-corrected chi connectivity index (χ2v) is 6.32. The quantitative estimate of drug-likeness (QED) is 0.495. The molecule has 0 aliphatic carbocycles. The number of benzene rings is 2. The molecule has 0 amide bonds. The van der Waals surface area contributed by atoms with E-state index in [2.05, 4.69) is 0 Å². The lowest BCUT2D eigenvalue weighted by Gasteiger charge is -2.05. The number of rotatable bonds is 6. The van der Waals surface area contributed by atoms with E-state index in [1.807, 2.05) is 60.0 Å². The Morgan fingerprint density at radius 1 is 0.833 bits per heavy atom. The number of Topliss-reactive ketones (excluding diaryl/α,β-unsaturated/α-hetero) is 1. The molecule has 0 spiro atoms. The molecule has 4 heteroatoms. The molecule has 0 aliphatic rings. The Labute approximate surface area is 144 Å². The van der Waals surface area contributed by atoms with Gasteiger partial charge in [-0.1, -0.05) is 60.7 Å². The Hall–Kier alpha value is -2.72. The molecule has 2 aromatic carbocycles. The van der Waals surface area contributed by atoms with Crippen LogP contribution in [0.1, 0.15) is 15.2 Å². The highest BCUT2D eigenvalue weighted by Gasteiger charge is 2.11. The van der Waals surface area contributed by atoms with Crippen LogP contribution in [0.2, 0.25) is 0 Å². The van der Waals surface area contributed by atoms with Crippen molar-refractivity contribution < 1.29 is 14.3 Å². The standard InChI is InChI=1S/C20H16O3S/c21-19(14-23-20(22)13-18-7-4-12-24-18)17-10-8-16(9-11-17)15-5-2-1-3-6-15/h1-12H,13-14H2. The molecule has 0 radical (unpaired) electrons. The Morgan fingerprint density at radius 2 is 1.54 bits per heavy atom. The molecule has 0 bridgehead atoms. The number of ketones is 1. The minimum atomic E-state index is -0.383. The molecule has 1 aromatic heterocycles. The fourth-order valence-electron chi connectivity index (χ4n) is 2.32. The fourth-order valence-corrected chi connectivity index (χ4v) is 3.01. The SMILES string of the molecule is O=C(Cc1cccs1)OCC(=O)c1ccc(-c2ccccc2)cc1. The maximum atomic E-state index is 12.1. The average Bonchev–Trinajstić information content (AvgIpc) is 3.13. The number of hydrogen-bond donors (Lipinski definition) is 0. The van der Waals surface area contributed by atoms with Crippen molar-refractivity contribution in [3.05, 3.63) is 82.6 Å². The number of thiophene rings is 1. The highest BCUT2D eigenvalue weighted by Crippen LogP contribution is 2.19. The Bertz CT molecular complexity index is 806. The summed E-state index contributed by atoms with van der Waals surface area (Å²) < 4.78 is 5.06. The summed E-state index contributed by atoms with van der Waals surface area (Å²) in [4.78, 5) is 24.8. The zero-order valence-corrected chi connectivity index (χ0v) is 13.8. The van der Waals surface area contributed by atoms with Gasteiger partial charge in [0.15, 0.2) is 12.4 Å². The summed E-state index contributed by atoms with van der Waals surface area (Å²) in [7, 11) is 0. The number of hydrogen-bond acceptors (Lipinski definition) is 4. The van der Waals surface area contributed by atoms with Crippen LogP contribution in [0.3, 0.4) is 0 Å². The number of ether oxygens (including phenoxy) is 1. The highest BCUT2D eigenvalue weighted by atomic mass is 32.1. The van der Waals surface area contributed by atoms with Crippen LogP contribution in [-0.4, -0.2) is 18.4 Å². The van der Waals surface area contributed by atoms with Gasteiger partial charge in [-0.3, -0.25) is 9.59 Å². The van der Waals surface area contributed by atoms with Crippen LogP contribution in [0, 0.1) is 0 Å². The molecule has 0 saturated heterocycles. The number of carbonyl (C=O) groups excluding carboxylic acids is 2. The topological polar surface area (TPSA) is 43.4 Å². The van der Waals surface area contributed by atoms with Crippen molar-refractivity contribution in [2.45, 2.75) is 6.42 Å². The molecule has 3 nitrogen and oxygen atoms in total. The van der Waals surface area contributed by atoms with Gasteiger partial charge in [0.1, 0.15) is 0 Å². The monoisotopic (exact) mass is 336 g/mol. The summed E-state index contributed by atoms with van der Waals surface area (Å²) in [5, 5.41) is 1.90. The van der Waals surface area contributed by atoms with Crippen molar-refractivity contribution >= 4 is 23.1 Å². The van der Waals surface area contributed by atoms with E-state index in [1.165, 1.54) is 11.3 Å². The summed E-state index contributed by atoms with van der Waals surface area (Å²) in [6.45, 7) is -0.227. The first-order valence-corrected chi connectivity index (χ1v) is 8.47. The third-order valence-electron chi connectivity index (χ3n) is 3.58. The van der Waals surface area contributed by atoms with Crippen LogP contribution < -0.4 is 0 Å². The molecular weight excluding hydrogens is 320 g/mol. The first kappa shape index (κ1) is 16.1. The smallest absolute Gasteiger partial charge is 0.311 e. The minimum absolute atomic E-state index is 0.200. The summed E-state index contributed by atoms with van der Waals surface area (Å²) in [6, 6.07) is 21.0. The molecule has 120 valence electrons. The van der Waals surface area contributed by atoms with Crippen LogP contribution in [0.15, 0.2) is 72.1 Å². The summed E-state index contributed by atoms with van der Waals surface area (Å²) in [5.41, 5.74) is 2.68. The lowest BCUT2D eigenvalue weighted by molar-refractivity contribution is -0.141. The van der Waals surface area contributed by atoms with Crippen molar-refractivity contribution in [2.75, 3.05) is 6.61 Å². The van der Waals surface area contributed by atoms with E-state index < -0.39 is 0 Å². The van der Waals surface area contributed by atoms with E-state index in [0.29, 0.717) is 5.56 Å². The second-order valence-electron chi connectivity index (χ2n) is 5.28. The fraction of sp³-hybridized carbons (Fsp3) is 0.100. The molecule has 0 atom stereocenters. The number of carbonyl (C=O) groups is 2. The summed E-state index contributed by atoms with van der Waals surface area (Å²) in [6.07, 6.45) is 0.206. The number of esters is 1. The van der Waals surface area contributed by atoms with E-state index in [9.17, 15) is 9.59 Å². The van der Waals surface area contributed by atoms with E-state index in [-0.39, 0.29) is 24.8 Å². The minimum Gasteiger partial charge on any atom is -0.457 e. The Morgan fingerprint density at radius 3 is 2.21 bits per heavy atom. The first-order chi connectivity index (χ1) is 11.7. The Kier molecular flexibility index (Phi) is 5.18. The van der Waals surface area contributed by atoms with Crippen LogP contribution in [-0.2, 0) is 16.0 Å². The van der Waals surface area contributed by atoms with Gasteiger partial charge >= 0.3 is 5.97 Å². The normalized spacial score (nSPS) is 10.3. The molecule has 0 fully saturated rings. The largest absolute Gasteiger partial charge is 0.457 e. The van der Waals surface area contributed by atoms with E-state index >= 15 is 0 Å². The van der Waals surface area contributed by atoms with Crippen molar-refractivity contribution in [3.8, 4) is 11.1 Å². The van der Waals surface area contributed by atoms with Crippen LogP contribution in [0.4, 0.5) is 0 Å². The van der Waals surface area contributed by atoms with Crippen molar-refractivity contribution in [2.24, 2.45) is 0 Å². The van der Waals surface area contributed by atoms with Crippen molar-refractivity contribution in [1.82, 2.24) is 0 Å². The molecule has 1 heterocycles. The third-order valence-corrected chi connectivity index (χ3v) is 4.45. The van der Waals surface area contributed by atoms with Gasteiger partial charge in [-0.05, 0) is 22.6 Å². The van der Waals surface area contributed by atoms with E-state index in [1.54, 1.807) is 12.1 Å². The Balaban J connectivity index is 1.56. The zero-order chi connectivity index (χ0) is 16.8. The van der Waals surface area contributed by atoms with Gasteiger partial charge in [-0.15, -0.1) is 11.3 Å². The molecule has 3 aromatic rings. The molecule has 24 heavy (non-hydrogen) atoms. The van der Waals surface area contributed by atoms with Crippen LogP contribution >= 0.6 is 11.3 Å². The molecule has 0 N–H and O–H groups in total.